The van der Waals surface area contributed by atoms with Gasteiger partial charge < -0.3 is 20.2 Å². The summed E-state index contributed by atoms with van der Waals surface area (Å²) in [7, 11) is 3.97. The largest absolute Gasteiger partial charge is 0.392 e. The molecule has 1 aliphatic heterocycles. The number of piperazine rings is 1. The van der Waals surface area contributed by atoms with Gasteiger partial charge in [-0.05, 0) is 58.3 Å². The van der Waals surface area contributed by atoms with Gasteiger partial charge in [0, 0.05) is 68.4 Å². The second kappa shape index (κ2) is 14.1. The van der Waals surface area contributed by atoms with E-state index in [9.17, 15) is 9.90 Å². The number of carbonyl (C=O) groups is 1. The van der Waals surface area contributed by atoms with Crippen LogP contribution in [0.3, 0.4) is 0 Å². The maximum absolute atomic E-state index is 12.0. The molecule has 3 heterocycles. The van der Waals surface area contributed by atoms with E-state index in [0.717, 1.165) is 55.1 Å². The Labute approximate surface area is 242 Å². The third kappa shape index (κ3) is 7.65. The first kappa shape index (κ1) is 30.1. The highest BCUT2D eigenvalue weighted by Gasteiger charge is 2.22. The zero-order valence-electron chi connectivity index (χ0n) is 24.4. The number of aromatic nitrogens is 3. The van der Waals surface area contributed by atoms with Crippen LogP contribution in [0.25, 0.3) is 0 Å². The number of rotatable bonds is 13. The molecule has 0 spiro atoms. The van der Waals surface area contributed by atoms with Crippen LogP contribution >= 0.6 is 0 Å². The normalized spacial score (nSPS) is 14.0. The predicted molar refractivity (Wildman–Crippen MR) is 164 cm³/mol. The molecule has 3 N–H and O–H groups in total. The molecule has 1 aliphatic rings. The number of benzene rings is 1. The minimum absolute atomic E-state index is 0.0837. The number of aliphatic hydroxyl groups is 1. The molecule has 0 aliphatic carbocycles. The fraction of sp³-hybridized carbons (Fsp3) is 0.400. The lowest BCUT2D eigenvalue weighted by atomic mass is 10.1. The van der Waals surface area contributed by atoms with Gasteiger partial charge in [0.1, 0.15) is 5.82 Å². The van der Waals surface area contributed by atoms with E-state index in [1.165, 1.54) is 6.20 Å². The van der Waals surface area contributed by atoms with Crippen molar-refractivity contribution in [3.8, 4) is 0 Å². The van der Waals surface area contributed by atoms with Gasteiger partial charge in [0.25, 0.3) is 0 Å². The molecule has 0 atom stereocenters. The number of nitrogens with one attached hydrogen (secondary N) is 2. The predicted octanol–water partition coefficient (Wildman–Crippen LogP) is 3.34. The third-order valence-corrected chi connectivity index (χ3v) is 6.92. The van der Waals surface area contributed by atoms with E-state index in [1.807, 2.05) is 55.4 Å². The molecule has 11 heteroatoms. The summed E-state index contributed by atoms with van der Waals surface area (Å²) in [4.78, 5) is 32.7. The highest BCUT2D eigenvalue weighted by molar-refractivity contribution is 5.84. The van der Waals surface area contributed by atoms with E-state index in [4.69, 9.17) is 9.97 Å². The Balaban J connectivity index is 1.60. The van der Waals surface area contributed by atoms with Crippen LogP contribution < -0.4 is 20.7 Å². The maximum atomic E-state index is 12.0. The Hall–Kier alpha value is -3.90. The number of hydrazine groups is 1. The summed E-state index contributed by atoms with van der Waals surface area (Å²) >= 11 is 0. The lowest BCUT2D eigenvalue weighted by molar-refractivity contribution is 0.112. The average molecular weight is 560 g/mol. The van der Waals surface area contributed by atoms with Crippen LogP contribution in [-0.2, 0) is 13.2 Å². The van der Waals surface area contributed by atoms with Gasteiger partial charge in [-0.15, -0.1) is 6.58 Å². The Morgan fingerprint density at radius 1 is 1.12 bits per heavy atom. The number of hydrogen-bond donors (Lipinski definition) is 3. The zero-order chi connectivity index (χ0) is 29.4. The van der Waals surface area contributed by atoms with Crippen molar-refractivity contribution in [3.63, 3.8) is 0 Å². The molecule has 1 fully saturated rings. The van der Waals surface area contributed by atoms with Gasteiger partial charge in [0.2, 0.25) is 5.95 Å². The lowest BCUT2D eigenvalue weighted by Crippen LogP contribution is -2.49. The number of anilines is 5. The molecule has 0 amide bonds. The van der Waals surface area contributed by atoms with Crippen molar-refractivity contribution >= 4 is 35.2 Å². The Morgan fingerprint density at radius 3 is 2.56 bits per heavy atom. The standard InChI is InChI=1S/C30H41N9O2/c1-6-12-32-39(28-9-7-8-26(33-28)19-36(4)5)29-24(21-41)18-31-30(35-29)34-25-10-11-27(23(17-25)20-40)38-15-13-37(14-16-38)22(2)3/h6-11,17-18,21-22,32,40H,1,12-16,19-20H2,2-5H3,(H,31,34,35). The van der Waals surface area contributed by atoms with Crippen LogP contribution in [0.15, 0.2) is 55.3 Å². The van der Waals surface area contributed by atoms with Crippen molar-refractivity contribution in [2.24, 2.45) is 0 Å². The summed E-state index contributed by atoms with van der Waals surface area (Å²) in [6, 6.07) is 12.2. The van der Waals surface area contributed by atoms with E-state index in [1.54, 1.807) is 11.1 Å². The summed E-state index contributed by atoms with van der Waals surface area (Å²) < 4.78 is 0. The number of aldehydes is 1. The van der Waals surface area contributed by atoms with Crippen molar-refractivity contribution in [2.75, 3.05) is 62.0 Å². The molecule has 218 valence electrons. The summed E-state index contributed by atoms with van der Waals surface area (Å²) in [5.74, 6) is 1.25. The van der Waals surface area contributed by atoms with Crippen LogP contribution in [0.1, 0.15) is 35.5 Å². The summed E-state index contributed by atoms with van der Waals surface area (Å²) in [6.07, 6.45) is 3.93. The number of hydrogen-bond acceptors (Lipinski definition) is 11. The van der Waals surface area contributed by atoms with Crippen molar-refractivity contribution in [1.29, 1.82) is 0 Å². The molecule has 3 aromatic rings. The quantitative estimate of drug-likeness (QED) is 0.163. The van der Waals surface area contributed by atoms with E-state index in [0.29, 0.717) is 42.3 Å². The average Bonchev–Trinajstić information content (AvgIpc) is 2.97. The molecule has 2 aromatic heterocycles. The number of pyridine rings is 1. The van der Waals surface area contributed by atoms with Gasteiger partial charge in [-0.3, -0.25) is 9.69 Å². The number of aliphatic hydroxyl groups excluding tert-OH is 1. The van der Waals surface area contributed by atoms with E-state index in [2.05, 4.69) is 46.0 Å². The molecule has 1 aromatic carbocycles. The van der Waals surface area contributed by atoms with Gasteiger partial charge in [-0.25, -0.2) is 20.4 Å². The molecular formula is C30H41N9O2. The molecule has 4 rings (SSSR count). The monoisotopic (exact) mass is 559 g/mol. The third-order valence-electron chi connectivity index (χ3n) is 6.92. The lowest BCUT2D eigenvalue weighted by Gasteiger charge is -2.38. The molecule has 1 saturated heterocycles. The minimum atomic E-state index is -0.0837. The first-order valence-electron chi connectivity index (χ1n) is 13.9. The molecule has 41 heavy (non-hydrogen) atoms. The molecule has 0 unspecified atom stereocenters. The SMILES string of the molecule is C=CCNN(c1cccc(CN(C)C)n1)c1nc(Nc2ccc(N3CCN(C(C)C)CC3)c(CO)c2)ncc1C=O. The first-order chi connectivity index (χ1) is 19.8. The number of carbonyl (C=O) groups excluding carboxylic acids is 1. The summed E-state index contributed by atoms with van der Waals surface area (Å²) in [5, 5.41) is 15.1. The van der Waals surface area contributed by atoms with E-state index >= 15 is 0 Å². The topological polar surface area (TPSA) is 113 Å². The van der Waals surface area contributed by atoms with Crippen LogP contribution in [0.4, 0.5) is 29.0 Å². The highest BCUT2D eigenvalue weighted by atomic mass is 16.3. The molecule has 0 radical (unpaired) electrons. The van der Waals surface area contributed by atoms with Gasteiger partial charge in [0.05, 0.1) is 17.9 Å². The van der Waals surface area contributed by atoms with Crippen molar-refractivity contribution < 1.29 is 9.90 Å². The molecular weight excluding hydrogens is 518 g/mol. The van der Waals surface area contributed by atoms with Gasteiger partial charge in [-0.1, -0.05) is 12.1 Å². The zero-order valence-corrected chi connectivity index (χ0v) is 24.4. The van der Waals surface area contributed by atoms with Crippen LogP contribution in [0.5, 0.6) is 0 Å². The number of nitrogens with zero attached hydrogens (tertiary/aromatic N) is 7. The van der Waals surface area contributed by atoms with Crippen LogP contribution in [0.2, 0.25) is 0 Å². The van der Waals surface area contributed by atoms with Crippen molar-refractivity contribution in [2.45, 2.75) is 33.0 Å². The van der Waals surface area contributed by atoms with Crippen LogP contribution in [-0.4, -0.2) is 89.0 Å². The van der Waals surface area contributed by atoms with Crippen molar-refractivity contribution in [1.82, 2.24) is 30.2 Å². The second-order valence-corrected chi connectivity index (χ2v) is 10.5. The molecule has 11 nitrogen and oxygen atoms in total. The van der Waals surface area contributed by atoms with Crippen molar-refractivity contribution in [3.05, 3.63) is 72.1 Å². The molecule has 0 bridgehead atoms. The Bertz CT molecular complexity index is 1320. The first-order valence-corrected chi connectivity index (χ1v) is 13.9. The Kier molecular flexibility index (Phi) is 10.4. The van der Waals surface area contributed by atoms with Gasteiger partial charge in [0.15, 0.2) is 12.1 Å². The smallest absolute Gasteiger partial charge is 0.229 e. The summed E-state index contributed by atoms with van der Waals surface area (Å²) in [6.45, 7) is 13.1. The van der Waals surface area contributed by atoms with E-state index in [-0.39, 0.29) is 6.61 Å². The minimum Gasteiger partial charge on any atom is -0.392 e. The molecule has 0 saturated carbocycles. The fourth-order valence-corrected chi connectivity index (χ4v) is 4.84. The second-order valence-electron chi connectivity index (χ2n) is 10.5. The fourth-order valence-electron chi connectivity index (χ4n) is 4.84. The highest BCUT2D eigenvalue weighted by Crippen LogP contribution is 2.29. The van der Waals surface area contributed by atoms with E-state index < -0.39 is 0 Å². The summed E-state index contributed by atoms with van der Waals surface area (Å²) in [5.41, 5.74) is 7.01. The maximum Gasteiger partial charge on any atom is 0.229 e. The van der Waals surface area contributed by atoms with Crippen LogP contribution in [0, 0.1) is 0 Å². The van der Waals surface area contributed by atoms with Gasteiger partial charge in [-0.2, -0.15) is 4.98 Å². The Morgan fingerprint density at radius 2 is 1.90 bits per heavy atom. The van der Waals surface area contributed by atoms with Gasteiger partial charge >= 0.3 is 0 Å².